The summed E-state index contributed by atoms with van der Waals surface area (Å²) in [6, 6.07) is 2.79. The summed E-state index contributed by atoms with van der Waals surface area (Å²) in [5.41, 5.74) is 0.920. The largest absolute Gasteiger partial charge is 0.467 e. The van der Waals surface area contributed by atoms with Gasteiger partial charge in [-0.3, -0.25) is 4.79 Å². The highest BCUT2D eigenvalue weighted by Crippen LogP contribution is 2.30. The van der Waals surface area contributed by atoms with Crippen molar-refractivity contribution in [1.29, 1.82) is 0 Å². The highest BCUT2D eigenvalue weighted by molar-refractivity contribution is 5.92. The molecular formula is C17H15F2N3O3. The van der Waals surface area contributed by atoms with E-state index in [2.05, 4.69) is 15.3 Å². The zero-order valence-electron chi connectivity index (χ0n) is 13.8. The van der Waals surface area contributed by atoms with E-state index in [1.165, 1.54) is 0 Å². The number of nitrogens with zero attached hydrogens (tertiary/aromatic N) is 2. The van der Waals surface area contributed by atoms with Crippen molar-refractivity contribution in [2.24, 2.45) is 0 Å². The number of aromatic nitrogens is 2. The topological polar surface area (TPSA) is 77.2 Å². The number of amides is 1. The molecule has 1 aromatic carbocycles. The predicted molar refractivity (Wildman–Crippen MR) is 86.5 cm³/mol. The lowest BCUT2D eigenvalue weighted by Crippen LogP contribution is -2.21. The van der Waals surface area contributed by atoms with E-state index in [9.17, 15) is 13.6 Å². The van der Waals surface area contributed by atoms with Crippen molar-refractivity contribution in [1.82, 2.24) is 9.97 Å². The van der Waals surface area contributed by atoms with Crippen LogP contribution in [0.15, 0.2) is 22.6 Å². The minimum Gasteiger partial charge on any atom is -0.467 e. The number of furan rings is 1. The van der Waals surface area contributed by atoms with Crippen molar-refractivity contribution in [3.05, 3.63) is 47.0 Å². The Hall–Kier alpha value is -3.03. The SMILES string of the molecule is Cc1nc(OCC(=O)Nc2cc(F)ccc2F)c2c(C)c(C)oc2n1. The predicted octanol–water partition coefficient (Wildman–Crippen LogP) is 3.44. The van der Waals surface area contributed by atoms with Crippen LogP contribution in [0, 0.1) is 32.4 Å². The first-order chi connectivity index (χ1) is 11.8. The summed E-state index contributed by atoms with van der Waals surface area (Å²) in [4.78, 5) is 20.3. The van der Waals surface area contributed by atoms with Crippen LogP contribution in [0.4, 0.5) is 14.5 Å². The molecule has 130 valence electrons. The molecule has 3 rings (SSSR count). The van der Waals surface area contributed by atoms with Crippen LogP contribution in [0.3, 0.4) is 0 Å². The molecule has 6 nitrogen and oxygen atoms in total. The standard InChI is InChI=1S/C17H15F2N3O3/c1-8-9(2)25-17-15(8)16(20-10(3)21-17)24-7-14(23)22-13-6-11(18)4-5-12(13)19/h4-6H,7H2,1-3H3,(H,22,23). The number of ether oxygens (including phenoxy) is 1. The van der Waals surface area contributed by atoms with E-state index in [0.717, 1.165) is 23.8 Å². The fourth-order valence-electron chi connectivity index (χ4n) is 2.33. The molecule has 0 bridgehead atoms. The average molecular weight is 347 g/mol. The number of hydrogen-bond acceptors (Lipinski definition) is 5. The van der Waals surface area contributed by atoms with Gasteiger partial charge in [0.2, 0.25) is 11.6 Å². The highest BCUT2D eigenvalue weighted by atomic mass is 19.1. The van der Waals surface area contributed by atoms with Crippen LogP contribution in [0.5, 0.6) is 5.88 Å². The normalized spacial score (nSPS) is 10.9. The molecule has 0 saturated carbocycles. The first-order valence-corrected chi connectivity index (χ1v) is 7.47. The molecule has 0 spiro atoms. The summed E-state index contributed by atoms with van der Waals surface area (Å²) >= 11 is 0. The Bertz CT molecular complexity index is 969. The number of aryl methyl sites for hydroxylation is 3. The molecule has 2 heterocycles. The van der Waals surface area contributed by atoms with Crippen LogP contribution in [0.2, 0.25) is 0 Å². The number of benzene rings is 1. The van der Waals surface area contributed by atoms with Gasteiger partial charge in [0.1, 0.15) is 28.6 Å². The quantitative estimate of drug-likeness (QED) is 0.782. The molecule has 1 amide bonds. The average Bonchev–Trinajstić information content (AvgIpc) is 2.83. The maximum atomic E-state index is 13.6. The van der Waals surface area contributed by atoms with Gasteiger partial charge in [0.25, 0.3) is 5.91 Å². The third-order valence-corrected chi connectivity index (χ3v) is 3.65. The van der Waals surface area contributed by atoms with Crippen LogP contribution in [0.1, 0.15) is 17.1 Å². The molecule has 0 atom stereocenters. The Balaban J connectivity index is 1.78. The van der Waals surface area contributed by atoms with Gasteiger partial charge in [-0.05, 0) is 32.9 Å². The second kappa shape index (κ2) is 6.46. The molecule has 0 aliphatic heterocycles. The van der Waals surface area contributed by atoms with Crippen molar-refractivity contribution in [3.8, 4) is 5.88 Å². The van der Waals surface area contributed by atoms with Crippen molar-refractivity contribution in [2.75, 3.05) is 11.9 Å². The van der Waals surface area contributed by atoms with Crippen molar-refractivity contribution in [2.45, 2.75) is 20.8 Å². The van der Waals surface area contributed by atoms with Crippen LogP contribution in [-0.4, -0.2) is 22.5 Å². The monoisotopic (exact) mass is 347 g/mol. The third kappa shape index (κ3) is 3.42. The second-order valence-electron chi connectivity index (χ2n) is 5.50. The maximum Gasteiger partial charge on any atom is 0.262 e. The Kier molecular flexibility index (Phi) is 4.35. The van der Waals surface area contributed by atoms with Gasteiger partial charge in [0.15, 0.2) is 6.61 Å². The van der Waals surface area contributed by atoms with E-state index in [0.29, 0.717) is 22.7 Å². The van der Waals surface area contributed by atoms with Gasteiger partial charge >= 0.3 is 0 Å². The number of halogens is 2. The molecule has 0 radical (unpaired) electrons. The fraction of sp³-hybridized carbons (Fsp3) is 0.235. The van der Waals surface area contributed by atoms with Gasteiger partial charge in [-0.25, -0.2) is 8.78 Å². The molecular weight excluding hydrogens is 332 g/mol. The number of carbonyl (C=O) groups is 1. The van der Waals surface area contributed by atoms with Gasteiger partial charge in [-0.1, -0.05) is 0 Å². The summed E-state index contributed by atoms with van der Waals surface area (Å²) in [7, 11) is 0. The third-order valence-electron chi connectivity index (χ3n) is 3.65. The van der Waals surface area contributed by atoms with Crippen LogP contribution < -0.4 is 10.1 Å². The van der Waals surface area contributed by atoms with Crippen molar-refractivity contribution >= 4 is 22.7 Å². The van der Waals surface area contributed by atoms with E-state index in [4.69, 9.17) is 9.15 Å². The summed E-state index contributed by atoms with van der Waals surface area (Å²) in [6.45, 7) is 4.86. The van der Waals surface area contributed by atoms with Crippen LogP contribution in [-0.2, 0) is 4.79 Å². The first-order valence-electron chi connectivity index (χ1n) is 7.47. The Morgan fingerprint density at radius 3 is 2.76 bits per heavy atom. The lowest BCUT2D eigenvalue weighted by Gasteiger charge is -2.09. The molecule has 0 unspecified atom stereocenters. The highest BCUT2D eigenvalue weighted by Gasteiger charge is 2.17. The van der Waals surface area contributed by atoms with Crippen molar-refractivity contribution < 1.29 is 22.7 Å². The number of rotatable bonds is 4. The van der Waals surface area contributed by atoms with Gasteiger partial charge in [-0.2, -0.15) is 9.97 Å². The molecule has 1 N–H and O–H groups in total. The molecule has 2 aromatic heterocycles. The van der Waals surface area contributed by atoms with E-state index in [1.807, 2.05) is 6.92 Å². The van der Waals surface area contributed by atoms with E-state index in [-0.39, 0.29) is 11.6 Å². The Morgan fingerprint density at radius 2 is 2.00 bits per heavy atom. The van der Waals surface area contributed by atoms with E-state index in [1.54, 1.807) is 13.8 Å². The molecule has 8 heteroatoms. The zero-order valence-corrected chi connectivity index (χ0v) is 13.8. The first kappa shape index (κ1) is 16.8. The molecule has 0 saturated heterocycles. The summed E-state index contributed by atoms with van der Waals surface area (Å²) in [6.07, 6.45) is 0. The molecule has 0 aliphatic carbocycles. The summed E-state index contributed by atoms with van der Waals surface area (Å²) in [5.74, 6) is -0.746. The van der Waals surface area contributed by atoms with Crippen LogP contribution >= 0.6 is 0 Å². The van der Waals surface area contributed by atoms with Crippen LogP contribution in [0.25, 0.3) is 11.1 Å². The summed E-state index contributed by atoms with van der Waals surface area (Å²) in [5, 5.41) is 2.83. The number of hydrogen-bond donors (Lipinski definition) is 1. The number of nitrogens with one attached hydrogen (secondary N) is 1. The van der Waals surface area contributed by atoms with Gasteiger partial charge in [0.05, 0.1) is 5.69 Å². The lowest BCUT2D eigenvalue weighted by molar-refractivity contribution is -0.118. The minimum absolute atomic E-state index is 0.201. The van der Waals surface area contributed by atoms with E-state index >= 15 is 0 Å². The lowest BCUT2D eigenvalue weighted by atomic mass is 10.2. The molecule has 3 aromatic rings. The smallest absolute Gasteiger partial charge is 0.262 e. The molecule has 0 fully saturated rings. The number of carbonyl (C=O) groups excluding carboxylic acids is 1. The Labute approximate surface area is 141 Å². The van der Waals surface area contributed by atoms with Gasteiger partial charge < -0.3 is 14.5 Å². The second-order valence-corrected chi connectivity index (χ2v) is 5.50. The fourth-order valence-corrected chi connectivity index (χ4v) is 2.33. The molecule has 25 heavy (non-hydrogen) atoms. The maximum absolute atomic E-state index is 13.6. The van der Waals surface area contributed by atoms with Gasteiger partial charge in [-0.15, -0.1) is 0 Å². The van der Waals surface area contributed by atoms with Gasteiger partial charge in [0, 0.05) is 11.6 Å². The van der Waals surface area contributed by atoms with Crippen molar-refractivity contribution in [3.63, 3.8) is 0 Å². The molecule has 0 aliphatic rings. The summed E-state index contributed by atoms with van der Waals surface area (Å²) < 4.78 is 37.7. The zero-order chi connectivity index (χ0) is 18.1. The van der Waals surface area contributed by atoms with E-state index < -0.39 is 24.1 Å². The number of fused-ring (bicyclic) bond motifs is 1. The Morgan fingerprint density at radius 1 is 1.24 bits per heavy atom. The minimum atomic E-state index is -0.740. The number of anilines is 1.